The second-order valence-corrected chi connectivity index (χ2v) is 6.83. The van der Waals surface area contributed by atoms with Gasteiger partial charge in [0, 0.05) is 28.2 Å². The summed E-state index contributed by atoms with van der Waals surface area (Å²) in [5.74, 6) is -2.69. The van der Waals surface area contributed by atoms with Gasteiger partial charge in [0.15, 0.2) is 0 Å². The van der Waals surface area contributed by atoms with Crippen LogP contribution in [-0.2, 0) is 16.1 Å². The number of amides is 1. The lowest BCUT2D eigenvalue weighted by Gasteiger charge is -2.34. The zero-order valence-corrected chi connectivity index (χ0v) is 14.2. The molecule has 0 spiro atoms. The Labute approximate surface area is 145 Å². The minimum Gasteiger partial charge on any atom is -0.454 e. The van der Waals surface area contributed by atoms with Gasteiger partial charge in [-0.05, 0) is 18.2 Å². The van der Waals surface area contributed by atoms with Crippen LogP contribution in [0.2, 0.25) is 0 Å². The number of Topliss-reactive ketones (excluding diaryl/α,β-unsaturated/α-hetero) is 1. The van der Waals surface area contributed by atoms with E-state index >= 15 is 0 Å². The van der Waals surface area contributed by atoms with Gasteiger partial charge in [-0.25, -0.2) is 0 Å². The molecular weight excluding hydrogens is 376 g/mol. The number of benzene rings is 2. The third-order valence-electron chi connectivity index (χ3n) is 4.51. The maximum atomic E-state index is 13.3. The van der Waals surface area contributed by atoms with Gasteiger partial charge in [0.1, 0.15) is 5.75 Å². The summed E-state index contributed by atoms with van der Waals surface area (Å²) in [6, 6.07) is 9.80. The summed E-state index contributed by atoms with van der Waals surface area (Å²) in [5, 5.41) is 14.0. The molecule has 2 atom stereocenters. The third-order valence-corrected chi connectivity index (χ3v) is 5.00. The first-order chi connectivity index (χ1) is 11.3. The number of hydrogen-bond donors (Lipinski definition) is 3. The Kier molecular flexibility index (Phi) is 2.90. The van der Waals surface area contributed by atoms with E-state index < -0.39 is 23.0 Å². The minimum absolute atomic E-state index is 0.169. The van der Waals surface area contributed by atoms with Gasteiger partial charge in [0.05, 0.1) is 5.56 Å². The van der Waals surface area contributed by atoms with Crippen molar-refractivity contribution in [2.45, 2.75) is 18.2 Å². The number of carbonyl (C=O) groups is 2. The van der Waals surface area contributed by atoms with Crippen molar-refractivity contribution >= 4 is 33.3 Å². The molecule has 122 valence electrons. The highest BCUT2D eigenvalue weighted by Crippen LogP contribution is 2.59. The second kappa shape index (κ2) is 4.58. The molecule has 0 aromatic heterocycles. The van der Waals surface area contributed by atoms with Crippen molar-refractivity contribution < 1.29 is 19.4 Å². The number of halogens is 1. The molecule has 1 aliphatic heterocycles. The number of nitrogen functional groups attached to an aromatic ring is 1. The Morgan fingerprint density at radius 1 is 1.29 bits per heavy atom. The van der Waals surface area contributed by atoms with Crippen LogP contribution in [0.3, 0.4) is 0 Å². The number of carbonyl (C=O) groups excluding carboxylic acids is 2. The van der Waals surface area contributed by atoms with E-state index in [1.54, 1.807) is 36.4 Å². The number of ketones is 1. The second-order valence-electron chi connectivity index (χ2n) is 5.92. The molecule has 2 aromatic rings. The molecule has 0 saturated heterocycles. The van der Waals surface area contributed by atoms with Gasteiger partial charge < -0.3 is 20.9 Å². The van der Waals surface area contributed by atoms with Crippen molar-refractivity contribution in [1.29, 1.82) is 0 Å². The molecular formula is C17H13BrN2O4. The van der Waals surface area contributed by atoms with Crippen LogP contribution in [-0.4, -0.2) is 16.8 Å². The molecule has 24 heavy (non-hydrogen) atoms. The van der Waals surface area contributed by atoms with Gasteiger partial charge in [-0.3, -0.25) is 9.59 Å². The van der Waals surface area contributed by atoms with Crippen LogP contribution in [0.25, 0.3) is 0 Å². The summed E-state index contributed by atoms with van der Waals surface area (Å²) < 4.78 is 6.51. The van der Waals surface area contributed by atoms with Gasteiger partial charge in [0.2, 0.25) is 17.2 Å². The van der Waals surface area contributed by atoms with Gasteiger partial charge in [-0.15, -0.1) is 0 Å². The average molecular weight is 389 g/mol. The number of anilines is 1. The molecule has 6 nitrogen and oxygen atoms in total. The normalized spacial score (nSPS) is 26.4. The quantitative estimate of drug-likeness (QED) is 0.646. The van der Waals surface area contributed by atoms with Crippen LogP contribution in [0.15, 0.2) is 40.9 Å². The average Bonchev–Trinajstić information content (AvgIpc) is 2.84. The van der Waals surface area contributed by atoms with Crippen LogP contribution in [0.1, 0.15) is 28.4 Å². The number of nitrogens with two attached hydrogens (primary N) is 1. The van der Waals surface area contributed by atoms with Crippen molar-refractivity contribution in [2.75, 3.05) is 5.73 Å². The first-order valence-corrected chi connectivity index (χ1v) is 8.04. The highest BCUT2D eigenvalue weighted by molar-refractivity contribution is 9.10. The van der Waals surface area contributed by atoms with Crippen LogP contribution < -0.4 is 15.8 Å². The molecule has 0 unspecified atom stereocenters. The van der Waals surface area contributed by atoms with Crippen LogP contribution >= 0.6 is 15.9 Å². The van der Waals surface area contributed by atoms with Crippen molar-refractivity contribution in [1.82, 2.24) is 5.32 Å². The van der Waals surface area contributed by atoms with E-state index in [2.05, 4.69) is 21.2 Å². The highest BCUT2D eigenvalue weighted by Gasteiger charge is 2.71. The Bertz CT molecular complexity index is 929. The zero-order chi connectivity index (χ0) is 17.3. The summed E-state index contributed by atoms with van der Waals surface area (Å²) in [7, 11) is 0. The lowest BCUT2D eigenvalue weighted by Crippen LogP contribution is -2.59. The van der Waals surface area contributed by atoms with Gasteiger partial charge >= 0.3 is 0 Å². The van der Waals surface area contributed by atoms with E-state index in [1.807, 2.05) is 0 Å². The van der Waals surface area contributed by atoms with E-state index in [9.17, 15) is 14.7 Å². The maximum absolute atomic E-state index is 13.3. The largest absolute Gasteiger partial charge is 0.454 e. The number of hydrogen-bond acceptors (Lipinski definition) is 5. The molecule has 1 aliphatic carbocycles. The summed E-state index contributed by atoms with van der Waals surface area (Å²) >= 11 is 3.34. The van der Waals surface area contributed by atoms with E-state index in [-0.39, 0.29) is 16.8 Å². The lowest BCUT2D eigenvalue weighted by molar-refractivity contribution is -0.175. The molecule has 4 rings (SSSR count). The predicted molar refractivity (Wildman–Crippen MR) is 89.3 cm³/mol. The van der Waals surface area contributed by atoms with Gasteiger partial charge in [-0.1, -0.05) is 34.1 Å². The standard InChI is InChI=1S/C17H13BrN2O4/c1-8(21)20-16-10-6-5-9(18)7-13(10)24-17(16,23)11-3-2-4-12(19)14(11)15(16)22/h2-7,23H,19H2,1H3,(H,20,21)/t16-,17-/m1/s1. The van der Waals surface area contributed by atoms with E-state index in [1.165, 1.54) is 6.92 Å². The number of aliphatic hydroxyl groups is 1. The van der Waals surface area contributed by atoms with Crippen molar-refractivity contribution in [3.8, 4) is 5.75 Å². The topological polar surface area (TPSA) is 102 Å². The predicted octanol–water partition coefficient (Wildman–Crippen LogP) is 1.80. The van der Waals surface area contributed by atoms with Gasteiger partial charge in [-0.2, -0.15) is 0 Å². The molecule has 0 radical (unpaired) electrons. The molecule has 0 fully saturated rings. The number of rotatable bonds is 1. The van der Waals surface area contributed by atoms with E-state index in [0.717, 1.165) is 4.47 Å². The number of ether oxygens (including phenoxy) is 1. The monoisotopic (exact) mass is 388 g/mol. The maximum Gasteiger partial charge on any atom is 0.271 e. The molecule has 0 saturated carbocycles. The van der Waals surface area contributed by atoms with Crippen LogP contribution in [0, 0.1) is 0 Å². The molecule has 1 heterocycles. The molecule has 2 aliphatic rings. The summed E-state index contributed by atoms with van der Waals surface area (Å²) in [4.78, 5) is 25.1. The molecule has 4 N–H and O–H groups in total. The van der Waals surface area contributed by atoms with Crippen molar-refractivity contribution in [3.63, 3.8) is 0 Å². The number of nitrogens with one attached hydrogen (secondary N) is 1. The summed E-state index contributed by atoms with van der Waals surface area (Å²) in [6.45, 7) is 1.28. The van der Waals surface area contributed by atoms with Crippen molar-refractivity contribution in [3.05, 3.63) is 57.6 Å². The summed E-state index contributed by atoms with van der Waals surface area (Å²) in [5.41, 5.74) is 5.23. The van der Waals surface area contributed by atoms with Gasteiger partial charge in [0.25, 0.3) is 5.79 Å². The molecule has 2 aromatic carbocycles. The zero-order valence-electron chi connectivity index (χ0n) is 12.6. The Balaban J connectivity index is 2.08. The fourth-order valence-corrected chi connectivity index (χ4v) is 3.95. The van der Waals surface area contributed by atoms with Crippen LogP contribution in [0.4, 0.5) is 5.69 Å². The smallest absolute Gasteiger partial charge is 0.271 e. The molecule has 0 bridgehead atoms. The SMILES string of the molecule is CC(=O)N[C@]12C(=O)c3c(N)cccc3[C@@]1(O)Oc1cc(Br)ccc12. The summed E-state index contributed by atoms with van der Waals surface area (Å²) in [6.07, 6.45) is 0. The fourth-order valence-electron chi connectivity index (χ4n) is 3.61. The first-order valence-electron chi connectivity index (χ1n) is 7.25. The lowest BCUT2D eigenvalue weighted by atomic mass is 9.83. The van der Waals surface area contributed by atoms with E-state index in [4.69, 9.17) is 10.5 Å². The Morgan fingerprint density at radius 3 is 2.75 bits per heavy atom. The number of fused-ring (bicyclic) bond motifs is 5. The minimum atomic E-state index is -2.05. The Hall–Kier alpha value is -2.38. The fraction of sp³-hybridized carbons (Fsp3) is 0.176. The first kappa shape index (κ1) is 15.2. The van der Waals surface area contributed by atoms with Crippen LogP contribution in [0.5, 0.6) is 5.75 Å². The highest BCUT2D eigenvalue weighted by atomic mass is 79.9. The van der Waals surface area contributed by atoms with Crippen molar-refractivity contribution in [2.24, 2.45) is 0 Å². The molecule has 1 amide bonds. The van der Waals surface area contributed by atoms with E-state index in [0.29, 0.717) is 11.3 Å². The Morgan fingerprint density at radius 2 is 2.04 bits per heavy atom. The third kappa shape index (κ3) is 1.58. The molecule has 7 heteroatoms.